The summed E-state index contributed by atoms with van der Waals surface area (Å²) in [6, 6.07) is -0.275. The molecular weight excluding hydrogens is 220 g/mol. The molecule has 0 aromatic carbocycles. The first-order valence-electron chi connectivity index (χ1n) is 6.21. The molecule has 0 radical (unpaired) electrons. The third-order valence-electron chi connectivity index (χ3n) is 2.83. The predicted molar refractivity (Wildman–Crippen MR) is 65.7 cm³/mol. The van der Waals surface area contributed by atoms with Crippen LogP contribution in [0, 0.1) is 5.92 Å². The van der Waals surface area contributed by atoms with Gasteiger partial charge in [0.2, 0.25) is 5.91 Å². The number of hydrogen-bond acceptors (Lipinski definition) is 4. The Morgan fingerprint density at radius 2 is 2.18 bits per heavy atom. The lowest BCUT2D eigenvalue weighted by Gasteiger charge is -2.19. The molecule has 1 rings (SSSR count). The molecule has 1 amide bonds. The van der Waals surface area contributed by atoms with Crippen LogP contribution < -0.4 is 5.32 Å². The molecule has 2 atom stereocenters. The van der Waals surface area contributed by atoms with Crippen molar-refractivity contribution in [2.45, 2.75) is 31.9 Å². The van der Waals surface area contributed by atoms with Gasteiger partial charge in [0.05, 0.1) is 18.8 Å². The Balaban J connectivity index is 2.04. The van der Waals surface area contributed by atoms with E-state index in [1.807, 2.05) is 0 Å². The zero-order valence-corrected chi connectivity index (χ0v) is 11.0. The van der Waals surface area contributed by atoms with Crippen LogP contribution in [0.5, 0.6) is 0 Å². The second-order valence-electron chi connectivity index (χ2n) is 5.00. The minimum Gasteiger partial charge on any atom is -0.389 e. The molecule has 5 nitrogen and oxygen atoms in total. The number of carbonyl (C=O) groups excluding carboxylic acids is 1. The first-order valence-corrected chi connectivity index (χ1v) is 6.21. The largest absolute Gasteiger partial charge is 0.389 e. The van der Waals surface area contributed by atoms with Crippen LogP contribution in [0.3, 0.4) is 0 Å². The number of amides is 1. The van der Waals surface area contributed by atoms with Crippen LogP contribution in [0.4, 0.5) is 0 Å². The lowest BCUT2D eigenvalue weighted by molar-refractivity contribution is -0.130. The molecule has 5 heteroatoms. The van der Waals surface area contributed by atoms with Gasteiger partial charge in [-0.2, -0.15) is 0 Å². The summed E-state index contributed by atoms with van der Waals surface area (Å²) < 4.78 is 5.37. The Morgan fingerprint density at radius 1 is 1.53 bits per heavy atom. The molecule has 1 aliphatic rings. The minimum absolute atomic E-state index is 0.0103. The van der Waals surface area contributed by atoms with Crippen molar-refractivity contribution < 1.29 is 14.6 Å². The number of nitrogens with zero attached hydrogens (tertiary/aromatic N) is 1. The summed E-state index contributed by atoms with van der Waals surface area (Å²) in [4.78, 5) is 13.1. The van der Waals surface area contributed by atoms with Gasteiger partial charge in [-0.15, -0.1) is 0 Å². The van der Waals surface area contributed by atoms with Crippen molar-refractivity contribution in [1.29, 1.82) is 0 Å². The molecule has 0 saturated heterocycles. The van der Waals surface area contributed by atoms with Gasteiger partial charge in [-0.05, 0) is 25.7 Å². The van der Waals surface area contributed by atoms with Crippen LogP contribution in [0.2, 0.25) is 0 Å². The molecule has 0 aliphatic heterocycles. The van der Waals surface area contributed by atoms with Gasteiger partial charge in [-0.3, -0.25) is 4.79 Å². The SMILES string of the molecule is CC(NCC(O)COCC1CC1)C(=O)N(C)C. The zero-order chi connectivity index (χ0) is 12.8. The Labute approximate surface area is 103 Å². The molecule has 1 aliphatic carbocycles. The monoisotopic (exact) mass is 244 g/mol. The fraction of sp³-hybridized carbons (Fsp3) is 0.917. The van der Waals surface area contributed by atoms with Crippen LogP contribution in [0.15, 0.2) is 0 Å². The molecule has 0 bridgehead atoms. The van der Waals surface area contributed by atoms with Crippen molar-refractivity contribution in [3.63, 3.8) is 0 Å². The standard InChI is InChI=1S/C12H24N2O3/c1-9(12(16)14(2)3)13-6-11(15)8-17-7-10-4-5-10/h9-11,13,15H,4-8H2,1-3H3. The molecule has 17 heavy (non-hydrogen) atoms. The number of aliphatic hydroxyl groups excluding tert-OH is 1. The van der Waals surface area contributed by atoms with Crippen molar-refractivity contribution in [3.8, 4) is 0 Å². The minimum atomic E-state index is -0.550. The number of aliphatic hydroxyl groups is 1. The normalized spacial score (nSPS) is 18.8. The number of likely N-dealkylation sites (N-methyl/N-ethyl adjacent to an activating group) is 1. The zero-order valence-electron chi connectivity index (χ0n) is 11.0. The van der Waals surface area contributed by atoms with Crippen molar-refractivity contribution in [1.82, 2.24) is 10.2 Å². The van der Waals surface area contributed by atoms with Crippen LogP contribution in [0.25, 0.3) is 0 Å². The van der Waals surface area contributed by atoms with Crippen LogP contribution in [-0.2, 0) is 9.53 Å². The molecule has 100 valence electrons. The molecule has 2 unspecified atom stereocenters. The maximum Gasteiger partial charge on any atom is 0.238 e. The third-order valence-corrected chi connectivity index (χ3v) is 2.83. The molecule has 0 aromatic heterocycles. The number of nitrogens with one attached hydrogen (secondary N) is 1. The number of rotatable bonds is 8. The molecule has 1 saturated carbocycles. The molecule has 1 fully saturated rings. The quantitative estimate of drug-likeness (QED) is 0.623. The smallest absolute Gasteiger partial charge is 0.238 e. The van der Waals surface area contributed by atoms with E-state index in [9.17, 15) is 9.90 Å². The summed E-state index contributed by atoms with van der Waals surface area (Å²) in [5.74, 6) is 0.723. The van der Waals surface area contributed by atoms with Crippen molar-refractivity contribution in [2.24, 2.45) is 5.92 Å². The summed E-state index contributed by atoms with van der Waals surface area (Å²) in [6.45, 7) is 3.27. The average molecular weight is 244 g/mol. The first-order chi connectivity index (χ1) is 8.00. The van der Waals surface area contributed by atoms with E-state index in [0.29, 0.717) is 19.1 Å². The Kier molecular flexibility index (Phi) is 5.88. The predicted octanol–water partition coefficient (Wildman–Crippen LogP) is -0.160. The lowest BCUT2D eigenvalue weighted by Crippen LogP contribution is -2.45. The highest BCUT2D eigenvalue weighted by Gasteiger charge is 2.21. The fourth-order valence-corrected chi connectivity index (χ4v) is 1.50. The fourth-order valence-electron chi connectivity index (χ4n) is 1.50. The van der Waals surface area contributed by atoms with Crippen molar-refractivity contribution in [3.05, 3.63) is 0 Å². The number of ether oxygens (including phenoxy) is 1. The van der Waals surface area contributed by atoms with Crippen molar-refractivity contribution in [2.75, 3.05) is 33.9 Å². The van der Waals surface area contributed by atoms with E-state index in [1.165, 1.54) is 17.7 Å². The summed E-state index contributed by atoms with van der Waals surface area (Å²) >= 11 is 0. The van der Waals surface area contributed by atoms with Gasteiger partial charge >= 0.3 is 0 Å². The molecule has 2 N–H and O–H groups in total. The second-order valence-corrected chi connectivity index (χ2v) is 5.00. The highest BCUT2D eigenvalue weighted by molar-refractivity contribution is 5.80. The van der Waals surface area contributed by atoms with Crippen molar-refractivity contribution >= 4 is 5.91 Å². The van der Waals surface area contributed by atoms with E-state index < -0.39 is 6.10 Å². The maximum atomic E-state index is 11.5. The van der Waals surface area contributed by atoms with E-state index in [2.05, 4.69) is 5.32 Å². The van der Waals surface area contributed by atoms with E-state index in [4.69, 9.17) is 4.74 Å². The van der Waals surface area contributed by atoms with Crippen LogP contribution in [0.1, 0.15) is 19.8 Å². The highest BCUT2D eigenvalue weighted by atomic mass is 16.5. The summed E-state index contributed by atoms with van der Waals surface area (Å²) in [5, 5.41) is 12.6. The van der Waals surface area contributed by atoms with Crippen LogP contribution >= 0.6 is 0 Å². The van der Waals surface area contributed by atoms with E-state index in [1.54, 1.807) is 21.0 Å². The van der Waals surface area contributed by atoms with Gasteiger partial charge in [0, 0.05) is 27.2 Å². The van der Waals surface area contributed by atoms with E-state index >= 15 is 0 Å². The second kappa shape index (κ2) is 6.93. The lowest BCUT2D eigenvalue weighted by atomic mass is 10.2. The molecule has 0 heterocycles. The Hall–Kier alpha value is -0.650. The van der Waals surface area contributed by atoms with Gasteiger partial charge in [0.15, 0.2) is 0 Å². The summed E-state index contributed by atoms with van der Waals surface area (Å²) in [6.07, 6.45) is 1.96. The van der Waals surface area contributed by atoms with E-state index in [0.717, 1.165) is 6.61 Å². The van der Waals surface area contributed by atoms with Gasteiger partial charge in [0.1, 0.15) is 0 Å². The van der Waals surface area contributed by atoms with Crippen LogP contribution in [-0.4, -0.2) is 61.9 Å². The number of carbonyl (C=O) groups is 1. The molecule has 0 aromatic rings. The first kappa shape index (κ1) is 14.4. The Morgan fingerprint density at radius 3 is 2.71 bits per heavy atom. The number of hydrogen-bond donors (Lipinski definition) is 2. The Bertz CT molecular complexity index is 242. The van der Waals surface area contributed by atoms with E-state index in [-0.39, 0.29) is 11.9 Å². The van der Waals surface area contributed by atoms with Gasteiger partial charge < -0.3 is 20.1 Å². The molecular formula is C12H24N2O3. The average Bonchev–Trinajstić information content (AvgIpc) is 3.08. The third kappa shape index (κ3) is 6.00. The highest BCUT2D eigenvalue weighted by Crippen LogP contribution is 2.28. The molecule has 0 spiro atoms. The van der Waals surface area contributed by atoms with Gasteiger partial charge in [-0.25, -0.2) is 0 Å². The van der Waals surface area contributed by atoms with Gasteiger partial charge in [-0.1, -0.05) is 0 Å². The topological polar surface area (TPSA) is 61.8 Å². The summed E-state index contributed by atoms with van der Waals surface area (Å²) in [7, 11) is 3.44. The maximum absolute atomic E-state index is 11.5. The van der Waals surface area contributed by atoms with Gasteiger partial charge in [0.25, 0.3) is 0 Å². The summed E-state index contributed by atoms with van der Waals surface area (Å²) in [5.41, 5.74) is 0.